The molecule has 0 aromatic heterocycles. The number of nitrogens with zero attached hydrogens (tertiary/aromatic N) is 1. The molecular formula is C30H29ClF3N3O4. The summed E-state index contributed by atoms with van der Waals surface area (Å²) in [5, 5.41) is 6.90. The number of ether oxygens (including phenoxy) is 2. The topological polar surface area (TPSA) is 89.0 Å². The highest BCUT2D eigenvalue weighted by Gasteiger charge is 2.30. The highest BCUT2D eigenvalue weighted by Crippen LogP contribution is 2.35. The number of benzene rings is 3. The first-order valence-electron chi connectivity index (χ1n) is 12.7. The van der Waals surface area contributed by atoms with Gasteiger partial charge in [-0.05, 0) is 55.3 Å². The lowest BCUT2D eigenvalue weighted by atomic mass is 10.1. The molecule has 0 saturated heterocycles. The number of halogens is 4. The third-order valence-electron chi connectivity index (χ3n) is 5.60. The fraction of sp³-hybridized carbons (Fsp3) is 0.233. The zero-order valence-electron chi connectivity index (χ0n) is 22.3. The van der Waals surface area contributed by atoms with Crippen molar-refractivity contribution in [3.8, 4) is 11.5 Å². The minimum absolute atomic E-state index is 0.0111. The van der Waals surface area contributed by atoms with Gasteiger partial charge >= 0.3 is 6.18 Å². The first-order valence-corrected chi connectivity index (χ1v) is 13.0. The van der Waals surface area contributed by atoms with Crippen molar-refractivity contribution in [2.75, 3.05) is 11.9 Å². The number of carbonyl (C=O) groups is 2. The smallest absolute Gasteiger partial charge is 0.416 e. The van der Waals surface area contributed by atoms with Gasteiger partial charge in [0.05, 0.1) is 18.4 Å². The van der Waals surface area contributed by atoms with E-state index in [2.05, 4.69) is 22.4 Å². The van der Waals surface area contributed by atoms with E-state index in [0.29, 0.717) is 35.1 Å². The molecule has 0 aliphatic rings. The predicted molar refractivity (Wildman–Crippen MR) is 152 cm³/mol. The van der Waals surface area contributed by atoms with Crippen LogP contribution in [0.15, 0.2) is 78.4 Å². The maximum atomic E-state index is 12.9. The summed E-state index contributed by atoms with van der Waals surface area (Å²) in [5.74, 6) is -0.125. The average Bonchev–Trinajstić information content (AvgIpc) is 2.92. The Morgan fingerprint density at radius 2 is 1.76 bits per heavy atom. The molecule has 0 bridgehead atoms. The van der Waals surface area contributed by atoms with E-state index in [4.69, 9.17) is 21.1 Å². The van der Waals surface area contributed by atoms with Gasteiger partial charge in [-0.25, -0.2) is 5.43 Å². The average molecular weight is 588 g/mol. The van der Waals surface area contributed by atoms with Crippen molar-refractivity contribution >= 4 is 35.3 Å². The van der Waals surface area contributed by atoms with Crippen LogP contribution in [-0.2, 0) is 28.8 Å². The van der Waals surface area contributed by atoms with Crippen molar-refractivity contribution in [2.45, 2.75) is 39.0 Å². The number of alkyl halides is 3. The molecule has 2 amide bonds. The van der Waals surface area contributed by atoms with E-state index in [1.54, 1.807) is 18.2 Å². The molecule has 11 heteroatoms. The van der Waals surface area contributed by atoms with Crippen molar-refractivity contribution in [3.63, 3.8) is 0 Å². The Kier molecular flexibility index (Phi) is 11.3. The second-order valence-electron chi connectivity index (χ2n) is 8.73. The Morgan fingerprint density at radius 1 is 1.00 bits per heavy atom. The number of anilines is 1. The molecule has 41 heavy (non-hydrogen) atoms. The van der Waals surface area contributed by atoms with Gasteiger partial charge in [0.25, 0.3) is 0 Å². The minimum Gasteiger partial charge on any atom is -0.490 e. The lowest BCUT2D eigenvalue weighted by Crippen LogP contribution is -2.20. The number of amides is 2. The fourth-order valence-electron chi connectivity index (χ4n) is 3.72. The molecule has 2 N–H and O–H groups in total. The zero-order chi connectivity index (χ0) is 29.8. The summed E-state index contributed by atoms with van der Waals surface area (Å²) in [6, 6.07) is 15.2. The first kappa shape index (κ1) is 31.2. The van der Waals surface area contributed by atoms with E-state index in [-0.39, 0.29) is 25.1 Å². The van der Waals surface area contributed by atoms with Crippen LogP contribution < -0.4 is 20.2 Å². The van der Waals surface area contributed by atoms with Gasteiger partial charge in [0.1, 0.15) is 6.61 Å². The van der Waals surface area contributed by atoms with Crippen molar-refractivity contribution in [1.82, 2.24) is 5.43 Å². The normalized spacial score (nSPS) is 11.2. The Bertz CT molecular complexity index is 1410. The summed E-state index contributed by atoms with van der Waals surface area (Å²) in [6.07, 6.45) is -1.37. The third-order valence-corrected chi connectivity index (χ3v) is 5.97. The lowest BCUT2D eigenvalue weighted by molar-refractivity contribution is -0.137. The largest absolute Gasteiger partial charge is 0.490 e. The molecule has 0 radical (unpaired) electrons. The summed E-state index contributed by atoms with van der Waals surface area (Å²) in [6.45, 7) is 6.26. The SMILES string of the molecule is C=CCc1cc(C=NNC(=O)CCC(=O)Nc2cccc(C(F)(F)F)c2)cc(OCC)c1OCc1ccccc1Cl. The summed E-state index contributed by atoms with van der Waals surface area (Å²) >= 11 is 6.26. The van der Waals surface area contributed by atoms with Crippen LogP contribution in [0, 0.1) is 0 Å². The van der Waals surface area contributed by atoms with Crippen LogP contribution in [0.4, 0.5) is 18.9 Å². The number of carbonyl (C=O) groups excluding carboxylic acids is 2. The number of hydrogen-bond acceptors (Lipinski definition) is 5. The molecule has 0 fully saturated rings. The van der Waals surface area contributed by atoms with E-state index in [0.717, 1.165) is 23.3 Å². The number of hydrogen-bond donors (Lipinski definition) is 2. The van der Waals surface area contributed by atoms with Gasteiger partial charge in [0, 0.05) is 34.7 Å². The Balaban J connectivity index is 1.61. The molecule has 0 aliphatic carbocycles. The molecule has 0 aliphatic heterocycles. The predicted octanol–water partition coefficient (Wildman–Crippen LogP) is 6.93. The van der Waals surface area contributed by atoms with Crippen molar-refractivity contribution in [2.24, 2.45) is 5.10 Å². The van der Waals surface area contributed by atoms with Crippen LogP contribution >= 0.6 is 11.6 Å². The third kappa shape index (κ3) is 9.68. The van der Waals surface area contributed by atoms with Crippen molar-refractivity contribution < 1.29 is 32.2 Å². The monoisotopic (exact) mass is 587 g/mol. The van der Waals surface area contributed by atoms with E-state index >= 15 is 0 Å². The van der Waals surface area contributed by atoms with Crippen molar-refractivity contribution in [1.29, 1.82) is 0 Å². The van der Waals surface area contributed by atoms with Gasteiger partial charge in [-0.1, -0.05) is 41.9 Å². The molecule has 0 atom stereocenters. The molecular weight excluding hydrogens is 559 g/mol. The van der Waals surface area contributed by atoms with E-state index < -0.39 is 23.6 Å². The van der Waals surface area contributed by atoms with E-state index in [9.17, 15) is 22.8 Å². The lowest BCUT2D eigenvalue weighted by Gasteiger charge is -2.17. The van der Waals surface area contributed by atoms with Gasteiger partial charge in [-0.2, -0.15) is 18.3 Å². The second-order valence-corrected chi connectivity index (χ2v) is 9.14. The molecule has 3 aromatic carbocycles. The van der Waals surface area contributed by atoms with Gasteiger partial charge in [0.15, 0.2) is 11.5 Å². The first-order chi connectivity index (χ1) is 19.6. The van der Waals surface area contributed by atoms with Gasteiger partial charge in [0.2, 0.25) is 11.8 Å². The number of nitrogens with one attached hydrogen (secondary N) is 2. The molecule has 0 heterocycles. The van der Waals surface area contributed by atoms with Crippen LogP contribution in [0.2, 0.25) is 5.02 Å². The van der Waals surface area contributed by atoms with E-state index in [1.165, 1.54) is 18.3 Å². The summed E-state index contributed by atoms with van der Waals surface area (Å²) < 4.78 is 50.5. The van der Waals surface area contributed by atoms with Gasteiger partial charge in [-0.3, -0.25) is 9.59 Å². The van der Waals surface area contributed by atoms with Crippen LogP contribution in [0.3, 0.4) is 0 Å². The standard InChI is InChI=1S/C30H29ClF3N3O4/c1-3-8-21-15-20(16-26(40-4-2)29(21)41-19-22-9-5-6-12-25(22)31)18-35-37-28(39)14-13-27(38)36-24-11-7-10-23(17-24)30(32,33)34/h3,5-7,9-12,15-18H,1,4,8,13-14,19H2,2H3,(H,36,38)(H,37,39). The number of hydrazone groups is 1. The minimum atomic E-state index is -4.53. The molecule has 3 rings (SSSR count). The maximum absolute atomic E-state index is 12.9. The van der Waals surface area contributed by atoms with Gasteiger partial charge < -0.3 is 14.8 Å². The zero-order valence-corrected chi connectivity index (χ0v) is 23.0. The molecule has 0 unspecified atom stereocenters. The summed E-state index contributed by atoms with van der Waals surface area (Å²) in [5.41, 5.74) is 3.68. The highest BCUT2D eigenvalue weighted by molar-refractivity contribution is 6.31. The van der Waals surface area contributed by atoms with Crippen molar-refractivity contribution in [3.05, 3.63) is 101 Å². The number of rotatable bonds is 13. The van der Waals surface area contributed by atoms with Crippen LogP contribution in [0.25, 0.3) is 0 Å². The summed E-state index contributed by atoms with van der Waals surface area (Å²) in [4.78, 5) is 24.3. The van der Waals surface area contributed by atoms with Gasteiger partial charge in [-0.15, -0.1) is 6.58 Å². The van der Waals surface area contributed by atoms with Crippen LogP contribution in [0.5, 0.6) is 11.5 Å². The number of allylic oxidation sites excluding steroid dienone is 1. The Labute approximate surface area is 241 Å². The Hall–Kier alpha value is -4.31. The quantitative estimate of drug-likeness (QED) is 0.129. The fourth-order valence-corrected chi connectivity index (χ4v) is 3.91. The molecule has 0 saturated carbocycles. The maximum Gasteiger partial charge on any atom is 0.416 e. The second kappa shape index (κ2) is 14.9. The molecule has 3 aromatic rings. The van der Waals surface area contributed by atoms with E-state index in [1.807, 2.05) is 31.2 Å². The molecule has 7 nitrogen and oxygen atoms in total. The molecule has 0 spiro atoms. The summed E-state index contributed by atoms with van der Waals surface area (Å²) in [7, 11) is 0. The van der Waals surface area contributed by atoms with Crippen LogP contribution in [-0.4, -0.2) is 24.6 Å². The Morgan fingerprint density at radius 3 is 2.46 bits per heavy atom. The van der Waals surface area contributed by atoms with Crippen LogP contribution in [0.1, 0.15) is 42.0 Å². The molecule has 216 valence electrons. The highest BCUT2D eigenvalue weighted by atomic mass is 35.5.